The molecule has 0 saturated heterocycles. The zero-order valence-electron chi connectivity index (χ0n) is 10.0. The van der Waals surface area contributed by atoms with Gasteiger partial charge in [0.25, 0.3) is 0 Å². The zero-order chi connectivity index (χ0) is 14.5. The summed E-state index contributed by atoms with van der Waals surface area (Å²) in [5.41, 5.74) is 8.17. The van der Waals surface area contributed by atoms with E-state index in [9.17, 15) is 8.42 Å². The average Bonchev–Trinajstić information content (AvgIpc) is 2.27. The summed E-state index contributed by atoms with van der Waals surface area (Å²) in [6.07, 6.45) is 1.04. The lowest BCUT2D eigenvalue weighted by Crippen LogP contribution is -2.21. The Hall–Kier alpha value is -2.60. The van der Waals surface area contributed by atoms with E-state index < -0.39 is 15.9 Å². The molecule has 0 aromatic heterocycles. The van der Waals surface area contributed by atoms with Crippen LogP contribution in [-0.4, -0.2) is 26.2 Å². The van der Waals surface area contributed by atoms with Gasteiger partial charge < -0.3 is 5.73 Å². The number of anilines is 2. The number of nitrogens with zero attached hydrogens (tertiary/aromatic N) is 2. The van der Waals surface area contributed by atoms with Gasteiger partial charge in [-0.1, -0.05) is 6.07 Å². The number of nitriles is 1. The highest BCUT2D eigenvalue weighted by atomic mass is 32.2. The molecule has 19 heavy (non-hydrogen) atoms. The smallest absolute Gasteiger partial charge is 0.229 e. The molecule has 100 valence electrons. The molecule has 0 radical (unpaired) electrons. The topological polar surface area (TPSA) is 144 Å². The van der Waals surface area contributed by atoms with Crippen LogP contribution in [0.15, 0.2) is 29.4 Å². The van der Waals surface area contributed by atoms with Crippen molar-refractivity contribution in [2.24, 2.45) is 10.8 Å². The third-order valence-corrected chi connectivity index (χ3v) is 2.43. The van der Waals surface area contributed by atoms with Crippen molar-refractivity contribution in [3.8, 4) is 6.07 Å². The molecule has 0 heterocycles. The Bertz CT molecular complexity index is 659. The second kappa shape index (κ2) is 5.83. The molecule has 0 spiro atoms. The van der Waals surface area contributed by atoms with Crippen LogP contribution in [0, 0.1) is 16.7 Å². The van der Waals surface area contributed by atoms with Crippen LogP contribution in [0.25, 0.3) is 0 Å². The van der Waals surface area contributed by atoms with Crippen molar-refractivity contribution < 1.29 is 8.42 Å². The van der Waals surface area contributed by atoms with Gasteiger partial charge in [0, 0.05) is 0 Å². The molecule has 0 atom stereocenters. The van der Waals surface area contributed by atoms with E-state index in [-0.39, 0.29) is 5.71 Å². The summed E-state index contributed by atoms with van der Waals surface area (Å²) in [4.78, 5) is 0. The monoisotopic (exact) mass is 280 g/mol. The molecule has 0 aliphatic heterocycles. The minimum atomic E-state index is -3.36. The molecular formula is C10H12N6O2S. The van der Waals surface area contributed by atoms with Gasteiger partial charge in [0.2, 0.25) is 15.7 Å². The summed E-state index contributed by atoms with van der Waals surface area (Å²) >= 11 is 0. The fourth-order valence-corrected chi connectivity index (χ4v) is 1.69. The fraction of sp³-hybridized carbons (Fsp3) is 0.100. The molecule has 0 aliphatic rings. The van der Waals surface area contributed by atoms with Gasteiger partial charge in [-0.3, -0.25) is 15.6 Å². The van der Waals surface area contributed by atoms with Gasteiger partial charge in [0.05, 0.1) is 17.6 Å². The Morgan fingerprint density at radius 2 is 2.11 bits per heavy atom. The first-order chi connectivity index (χ1) is 8.81. The van der Waals surface area contributed by atoms with Gasteiger partial charge in [0.15, 0.2) is 5.84 Å². The number of hydrogen-bond acceptors (Lipinski definition) is 6. The van der Waals surface area contributed by atoms with E-state index in [4.69, 9.17) is 16.4 Å². The van der Waals surface area contributed by atoms with Crippen molar-refractivity contribution in [1.29, 1.82) is 10.7 Å². The number of sulfonamides is 1. The Kier molecular flexibility index (Phi) is 4.44. The van der Waals surface area contributed by atoms with E-state index in [1.807, 2.05) is 0 Å². The third-order valence-electron chi connectivity index (χ3n) is 1.82. The number of rotatable bonds is 5. The van der Waals surface area contributed by atoms with Crippen LogP contribution in [0.1, 0.15) is 0 Å². The molecule has 8 nitrogen and oxygen atoms in total. The van der Waals surface area contributed by atoms with Crippen LogP contribution in [-0.2, 0) is 10.0 Å². The lowest BCUT2D eigenvalue weighted by Gasteiger charge is -2.06. The van der Waals surface area contributed by atoms with E-state index in [1.165, 1.54) is 6.07 Å². The van der Waals surface area contributed by atoms with Crippen LogP contribution in [0.4, 0.5) is 11.4 Å². The molecule has 1 aromatic rings. The summed E-state index contributed by atoms with van der Waals surface area (Å²) in [6.45, 7) is 0. The summed E-state index contributed by atoms with van der Waals surface area (Å²) in [5.74, 6) is -0.458. The zero-order valence-corrected chi connectivity index (χ0v) is 10.8. The first-order valence-electron chi connectivity index (χ1n) is 4.98. The third kappa shape index (κ3) is 5.05. The Morgan fingerprint density at radius 1 is 1.47 bits per heavy atom. The minimum absolute atomic E-state index is 0.263. The number of nitrogens with one attached hydrogen (secondary N) is 3. The summed E-state index contributed by atoms with van der Waals surface area (Å²) in [5, 5.41) is 19.3. The molecule has 1 aromatic carbocycles. The van der Waals surface area contributed by atoms with Crippen molar-refractivity contribution in [3.05, 3.63) is 24.3 Å². The number of nitrogens with two attached hydrogens (primary N) is 1. The molecule has 1 rings (SSSR count). The first-order valence-corrected chi connectivity index (χ1v) is 6.87. The molecule has 0 unspecified atom stereocenters. The predicted octanol–water partition coefficient (Wildman–Crippen LogP) is 0.286. The van der Waals surface area contributed by atoms with Crippen LogP contribution >= 0.6 is 0 Å². The van der Waals surface area contributed by atoms with Crippen molar-refractivity contribution in [2.75, 3.05) is 16.4 Å². The number of hydrogen-bond donors (Lipinski definition) is 4. The maximum Gasteiger partial charge on any atom is 0.229 e. The van der Waals surface area contributed by atoms with Gasteiger partial charge in [0.1, 0.15) is 6.07 Å². The maximum atomic E-state index is 11.1. The van der Waals surface area contributed by atoms with Gasteiger partial charge in [-0.15, -0.1) is 0 Å². The van der Waals surface area contributed by atoms with Crippen LogP contribution in [0.3, 0.4) is 0 Å². The van der Waals surface area contributed by atoms with E-state index in [2.05, 4.69) is 15.2 Å². The second-order valence-corrected chi connectivity index (χ2v) is 5.30. The van der Waals surface area contributed by atoms with E-state index in [0.717, 1.165) is 6.26 Å². The molecule has 0 bridgehead atoms. The molecule has 0 amide bonds. The van der Waals surface area contributed by atoms with Crippen molar-refractivity contribution in [3.63, 3.8) is 0 Å². The van der Waals surface area contributed by atoms with Crippen molar-refractivity contribution >= 4 is 32.9 Å². The fourth-order valence-electron chi connectivity index (χ4n) is 1.13. The highest BCUT2D eigenvalue weighted by molar-refractivity contribution is 7.92. The van der Waals surface area contributed by atoms with E-state index in [1.54, 1.807) is 24.3 Å². The quantitative estimate of drug-likeness (QED) is 0.348. The first kappa shape index (κ1) is 14.5. The molecule has 5 N–H and O–H groups in total. The molecule has 0 fully saturated rings. The van der Waals surface area contributed by atoms with Crippen LogP contribution in [0.5, 0.6) is 0 Å². The maximum absolute atomic E-state index is 11.1. The van der Waals surface area contributed by atoms with Gasteiger partial charge in [-0.25, -0.2) is 8.42 Å². The standard InChI is InChI=1S/C10H12N6O2S/c1-19(17,18)16-8-4-2-3-7(5-8)14-15-9(6-11)10(12)13/h2-5,14,16H,1H3,(H3,12,13)/b15-9+. The Morgan fingerprint density at radius 3 is 2.63 bits per heavy atom. The molecule has 0 saturated carbocycles. The molecule has 0 aliphatic carbocycles. The van der Waals surface area contributed by atoms with Gasteiger partial charge >= 0.3 is 0 Å². The number of benzene rings is 1. The summed E-state index contributed by atoms with van der Waals surface area (Å²) in [6, 6.07) is 7.92. The van der Waals surface area contributed by atoms with Crippen LogP contribution in [0.2, 0.25) is 0 Å². The number of hydrazone groups is 1. The van der Waals surface area contributed by atoms with E-state index >= 15 is 0 Å². The minimum Gasteiger partial charge on any atom is -0.382 e. The van der Waals surface area contributed by atoms with E-state index in [0.29, 0.717) is 11.4 Å². The van der Waals surface area contributed by atoms with Crippen molar-refractivity contribution in [1.82, 2.24) is 0 Å². The normalized spacial score (nSPS) is 11.5. The average molecular weight is 280 g/mol. The largest absolute Gasteiger partial charge is 0.382 e. The SMILES string of the molecule is CS(=O)(=O)Nc1cccc(N/N=C(\C#N)C(=N)N)c1. The highest BCUT2D eigenvalue weighted by Gasteiger charge is 2.03. The van der Waals surface area contributed by atoms with Crippen molar-refractivity contribution in [2.45, 2.75) is 0 Å². The number of amidine groups is 1. The van der Waals surface area contributed by atoms with Gasteiger partial charge in [-0.05, 0) is 18.2 Å². The van der Waals surface area contributed by atoms with Gasteiger partial charge in [-0.2, -0.15) is 10.4 Å². The molecule has 9 heteroatoms. The Balaban J connectivity index is 2.90. The highest BCUT2D eigenvalue weighted by Crippen LogP contribution is 2.15. The Labute approximate surface area is 110 Å². The lowest BCUT2D eigenvalue weighted by atomic mass is 10.3. The lowest BCUT2D eigenvalue weighted by molar-refractivity contribution is 0.607. The van der Waals surface area contributed by atoms with Crippen LogP contribution < -0.4 is 15.9 Å². The second-order valence-electron chi connectivity index (χ2n) is 3.55. The molecular weight excluding hydrogens is 268 g/mol. The summed E-state index contributed by atoms with van der Waals surface area (Å²) in [7, 11) is -3.36. The summed E-state index contributed by atoms with van der Waals surface area (Å²) < 4.78 is 24.4. The predicted molar refractivity (Wildman–Crippen MR) is 73.5 cm³/mol.